The van der Waals surface area contributed by atoms with Crippen LogP contribution >= 0.6 is 0 Å². The fourth-order valence-electron chi connectivity index (χ4n) is 2.45. The van der Waals surface area contributed by atoms with Gasteiger partial charge in [0.2, 0.25) is 0 Å². The van der Waals surface area contributed by atoms with E-state index >= 15 is 0 Å². The Bertz CT molecular complexity index is 370. The normalized spacial score (nSPS) is 25.5. The molecule has 1 aromatic heterocycles. The summed E-state index contributed by atoms with van der Waals surface area (Å²) in [5, 5.41) is 3.46. The minimum absolute atomic E-state index is 0.244. The second kappa shape index (κ2) is 4.42. The molecule has 1 saturated carbocycles. The Morgan fingerprint density at radius 2 is 2.18 bits per heavy atom. The van der Waals surface area contributed by atoms with E-state index in [-0.39, 0.29) is 6.04 Å². The molecule has 0 spiro atoms. The van der Waals surface area contributed by atoms with Gasteiger partial charge in [-0.05, 0) is 18.8 Å². The maximum atomic E-state index is 5.50. The highest BCUT2D eigenvalue weighted by Crippen LogP contribution is 2.42. The number of morpholine rings is 1. The summed E-state index contributed by atoms with van der Waals surface area (Å²) in [6.45, 7) is 6.90. The Morgan fingerprint density at radius 1 is 1.35 bits per heavy atom. The number of aromatic amines is 1. The summed E-state index contributed by atoms with van der Waals surface area (Å²) < 4.78 is 5.50. The first-order valence-corrected chi connectivity index (χ1v) is 6.66. The molecule has 3 rings (SSSR count). The van der Waals surface area contributed by atoms with Gasteiger partial charge in [-0.1, -0.05) is 13.8 Å². The van der Waals surface area contributed by atoms with Crippen molar-refractivity contribution in [2.24, 2.45) is 0 Å². The molecular weight excluding hydrogens is 214 g/mol. The van der Waals surface area contributed by atoms with Gasteiger partial charge in [0.15, 0.2) is 0 Å². The second-order valence-corrected chi connectivity index (χ2v) is 5.43. The number of rotatable bonds is 3. The zero-order valence-electron chi connectivity index (χ0n) is 10.6. The molecule has 0 aromatic carbocycles. The first-order valence-electron chi connectivity index (χ1n) is 6.66. The molecule has 1 saturated heterocycles. The lowest BCUT2D eigenvalue weighted by Gasteiger charge is -2.21. The van der Waals surface area contributed by atoms with Crippen molar-refractivity contribution in [1.29, 1.82) is 0 Å². The summed E-state index contributed by atoms with van der Waals surface area (Å²) in [5.41, 5.74) is 2.64. The van der Waals surface area contributed by atoms with Crippen LogP contribution in [0, 0.1) is 0 Å². The zero-order chi connectivity index (χ0) is 11.8. The maximum Gasteiger partial charge on any atom is 0.126 e. The monoisotopic (exact) mass is 235 g/mol. The predicted octanol–water partition coefficient (Wildman–Crippen LogP) is 2.07. The molecule has 94 valence electrons. The Labute approximate surface area is 102 Å². The molecule has 1 aliphatic carbocycles. The minimum Gasteiger partial charge on any atom is -0.378 e. The Kier molecular flexibility index (Phi) is 2.92. The smallest absolute Gasteiger partial charge is 0.126 e. The van der Waals surface area contributed by atoms with E-state index in [1.54, 1.807) is 0 Å². The SMILES string of the molecule is CC(C)c1nc(C2COCCN2)[nH]c1C1CC1. The number of hydrogen-bond donors (Lipinski definition) is 2. The van der Waals surface area contributed by atoms with Crippen LogP contribution in [0.2, 0.25) is 0 Å². The number of ether oxygens (including phenoxy) is 1. The molecule has 4 heteroatoms. The molecule has 2 aliphatic rings. The van der Waals surface area contributed by atoms with Gasteiger partial charge >= 0.3 is 0 Å². The van der Waals surface area contributed by atoms with Crippen molar-refractivity contribution < 1.29 is 4.74 Å². The number of imidazole rings is 1. The lowest BCUT2D eigenvalue weighted by Crippen LogP contribution is -2.35. The van der Waals surface area contributed by atoms with E-state index in [0.29, 0.717) is 5.92 Å². The Morgan fingerprint density at radius 3 is 2.76 bits per heavy atom. The average Bonchev–Trinajstić information content (AvgIpc) is 3.09. The van der Waals surface area contributed by atoms with Gasteiger partial charge in [0.25, 0.3) is 0 Å². The minimum atomic E-state index is 0.244. The van der Waals surface area contributed by atoms with Crippen LogP contribution in [-0.4, -0.2) is 29.7 Å². The summed E-state index contributed by atoms with van der Waals surface area (Å²) in [6, 6.07) is 0.244. The van der Waals surface area contributed by atoms with Crippen molar-refractivity contribution >= 4 is 0 Å². The van der Waals surface area contributed by atoms with Crippen LogP contribution < -0.4 is 5.32 Å². The Hall–Kier alpha value is -0.870. The predicted molar refractivity (Wildman–Crippen MR) is 66.2 cm³/mol. The van der Waals surface area contributed by atoms with Crippen LogP contribution in [0.25, 0.3) is 0 Å². The number of hydrogen-bond acceptors (Lipinski definition) is 3. The summed E-state index contributed by atoms with van der Waals surface area (Å²) in [6.07, 6.45) is 2.63. The second-order valence-electron chi connectivity index (χ2n) is 5.43. The fraction of sp³-hybridized carbons (Fsp3) is 0.769. The quantitative estimate of drug-likeness (QED) is 0.843. The molecule has 2 heterocycles. The van der Waals surface area contributed by atoms with Crippen molar-refractivity contribution in [1.82, 2.24) is 15.3 Å². The van der Waals surface area contributed by atoms with Crippen LogP contribution in [0.1, 0.15) is 61.8 Å². The van der Waals surface area contributed by atoms with Gasteiger partial charge in [-0.15, -0.1) is 0 Å². The number of nitrogens with zero attached hydrogens (tertiary/aromatic N) is 1. The lowest BCUT2D eigenvalue weighted by atomic mass is 10.1. The molecule has 0 bridgehead atoms. The molecule has 1 aliphatic heterocycles. The summed E-state index contributed by atoms with van der Waals surface area (Å²) in [7, 11) is 0. The van der Waals surface area contributed by atoms with Crippen LogP contribution in [0.4, 0.5) is 0 Å². The van der Waals surface area contributed by atoms with E-state index < -0.39 is 0 Å². The van der Waals surface area contributed by atoms with Crippen molar-refractivity contribution in [3.8, 4) is 0 Å². The summed E-state index contributed by atoms with van der Waals surface area (Å²) >= 11 is 0. The van der Waals surface area contributed by atoms with E-state index in [9.17, 15) is 0 Å². The third-order valence-electron chi connectivity index (χ3n) is 3.56. The highest BCUT2D eigenvalue weighted by atomic mass is 16.5. The number of aromatic nitrogens is 2. The van der Waals surface area contributed by atoms with E-state index in [4.69, 9.17) is 9.72 Å². The largest absolute Gasteiger partial charge is 0.378 e. The van der Waals surface area contributed by atoms with Gasteiger partial charge in [-0.3, -0.25) is 0 Å². The molecule has 17 heavy (non-hydrogen) atoms. The molecule has 2 N–H and O–H groups in total. The first kappa shape index (κ1) is 11.2. The van der Waals surface area contributed by atoms with E-state index in [1.807, 2.05) is 0 Å². The molecule has 1 aromatic rings. The fourth-order valence-corrected chi connectivity index (χ4v) is 2.45. The standard InChI is InChI=1S/C13H21N3O/c1-8(2)11-12(9-3-4-9)16-13(15-11)10-7-17-6-5-14-10/h8-10,14H,3-7H2,1-2H3,(H,15,16). The number of H-pyrrole nitrogens is 1. The molecule has 0 amide bonds. The molecule has 0 radical (unpaired) electrons. The molecule has 1 atom stereocenters. The molecule has 2 fully saturated rings. The lowest BCUT2D eigenvalue weighted by molar-refractivity contribution is 0.0744. The van der Waals surface area contributed by atoms with E-state index in [2.05, 4.69) is 24.1 Å². The van der Waals surface area contributed by atoms with Crippen LogP contribution in [0.5, 0.6) is 0 Å². The zero-order valence-corrected chi connectivity index (χ0v) is 10.6. The van der Waals surface area contributed by atoms with Gasteiger partial charge in [0.1, 0.15) is 5.82 Å². The average molecular weight is 235 g/mol. The third kappa shape index (κ3) is 2.24. The van der Waals surface area contributed by atoms with Crippen molar-refractivity contribution in [3.05, 3.63) is 17.2 Å². The van der Waals surface area contributed by atoms with Crippen molar-refractivity contribution in [2.45, 2.75) is 44.6 Å². The Balaban J connectivity index is 1.86. The van der Waals surface area contributed by atoms with Crippen LogP contribution in [0.3, 0.4) is 0 Å². The third-order valence-corrected chi connectivity index (χ3v) is 3.56. The van der Waals surface area contributed by atoms with Crippen LogP contribution in [0.15, 0.2) is 0 Å². The molecule has 4 nitrogen and oxygen atoms in total. The van der Waals surface area contributed by atoms with Crippen molar-refractivity contribution in [3.63, 3.8) is 0 Å². The number of nitrogens with one attached hydrogen (secondary N) is 2. The topological polar surface area (TPSA) is 49.9 Å². The van der Waals surface area contributed by atoms with Crippen LogP contribution in [-0.2, 0) is 4.74 Å². The van der Waals surface area contributed by atoms with Gasteiger partial charge in [-0.25, -0.2) is 4.98 Å². The summed E-state index contributed by atoms with van der Waals surface area (Å²) in [4.78, 5) is 8.34. The first-order chi connectivity index (χ1) is 8.25. The van der Waals surface area contributed by atoms with Gasteiger partial charge in [-0.2, -0.15) is 0 Å². The van der Waals surface area contributed by atoms with E-state index in [1.165, 1.54) is 24.2 Å². The molecule has 1 unspecified atom stereocenters. The van der Waals surface area contributed by atoms with Crippen molar-refractivity contribution in [2.75, 3.05) is 19.8 Å². The van der Waals surface area contributed by atoms with Gasteiger partial charge < -0.3 is 15.0 Å². The highest BCUT2D eigenvalue weighted by Gasteiger charge is 2.31. The van der Waals surface area contributed by atoms with E-state index in [0.717, 1.165) is 31.5 Å². The van der Waals surface area contributed by atoms with Gasteiger partial charge in [0.05, 0.1) is 24.9 Å². The van der Waals surface area contributed by atoms with Gasteiger partial charge in [0, 0.05) is 18.2 Å². The maximum absolute atomic E-state index is 5.50. The summed E-state index contributed by atoms with van der Waals surface area (Å²) in [5.74, 6) is 2.30. The molecular formula is C13H21N3O. The highest BCUT2D eigenvalue weighted by molar-refractivity contribution is 5.26.